The van der Waals surface area contributed by atoms with Gasteiger partial charge in [0.05, 0.1) is 0 Å². The Bertz CT molecular complexity index is 3330. The van der Waals surface area contributed by atoms with Gasteiger partial charge in [-0.15, -0.1) is 0 Å². The topological polar surface area (TPSA) is 38.7 Å². The summed E-state index contributed by atoms with van der Waals surface area (Å²) in [5, 5.41) is 9.50. The van der Waals surface area contributed by atoms with Crippen LogP contribution in [0.4, 0.5) is 0 Å². The van der Waals surface area contributed by atoms with Gasteiger partial charge in [-0.1, -0.05) is 200 Å². The van der Waals surface area contributed by atoms with E-state index in [9.17, 15) is 0 Å². The van der Waals surface area contributed by atoms with Crippen LogP contribution >= 0.6 is 0 Å². The zero-order valence-corrected chi connectivity index (χ0v) is 31.5. The van der Waals surface area contributed by atoms with Crippen molar-refractivity contribution < 1.29 is 0 Å². The lowest BCUT2D eigenvalue weighted by molar-refractivity contribution is 1.08. The molecule has 270 valence electrons. The number of nitrogens with zero attached hydrogens (tertiary/aromatic N) is 3. The summed E-state index contributed by atoms with van der Waals surface area (Å²) < 4.78 is 0. The minimum Gasteiger partial charge on any atom is -0.208 e. The number of hydrogen-bond acceptors (Lipinski definition) is 3. The van der Waals surface area contributed by atoms with Gasteiger partial charge < -0.3 is 0 Å². The van der Waals surface area contributed by atoms with Crippen LogP contribution in [-0.4, -0.2) is 15.0 Å². The van der Waals surface area contributed by atoms with Crippen LogP contribution in [0.1, 0.15) is 0 Å². The molecule has 0 amide bonds. The molecule has 0 aliphatic carbocycles. The van der Waals surface area contributed by atoms with Crippen molar-refractivity contribution in [3.8, 4) is 67.5 Å². The van der Waals surface area contributed by atoms with Gasteiger partial charge in [-0.3, -0.25) is 0 Å². The minimum atomic E-state index is 0.627. The van der Waals surface area contributed by atoms with E-state index in [4.69, 9.17) is 15.0 Å². The Balaban J connectivity index is 1.08. The Kier molecular flexibility index (Phi) is 8.15. The van der Waals surface area contributed by atoms with Crippen LogP contribution < -0.4 is 0 Å². The molecule has 58 heavy (non-hydrogen) atoms. The maximum atomic E-state index is 5.28. The number of hydrogen-bond donors (Lipinski definition) is 0. The van der Waals surface area contributed by atoms with Gasteiger partial charge in [0.1, 0.15) is 0 Å². The van der Waals surface area contributed by atoms with Gasteiger partial charge in [0.25, 0.3) is 0 Å². The monoisotopic (exact) mass is 737 g/mol. The standard InChI is InChI=1S/C55H35N3/c1-2-14-36(15-3-1)46-32-33-47(50-25-9-8-24-49(46)50)40-19-12-20-42(34-40)54-56-53(39-30-28-38(29-31-39)44-27-13-18-37-16-4-6-21-43(37)44)57-55(58-54)52-35-41-17-5-7-22-45(41)48-23-10-11-26-51(48)52/h1-35H. The molecule has 0 N–H and O–H groups in total. The Morgan fingerprint density at radius 1 is 0.207 bits per heavy atom. The first-order valence-corrected chi connectivity index (χ1v) is 19.7. The number of aromatic nitrogens is 3. The zero-order chi connectivity index (χ0) is 38.4. The second kappa shape index (κ2) is 14.1. The third-order valence-corrected chi connectivity index (χ3v) is 11.3. The molecule has 0 spiro atoms. The summed E-state index contributed by atoms with van der Waals surface area (Å²) >= 11 is 0. The fourth-order valence-electron chi connectivity index (χ4n) is 8.52. The van der Waals surface area contributed by atoms with E-state index in [1.165, 1.54) is 49.0 Å². The third kappa shape index (κ3) is 5.89. The van der Waals surface area contributed by atoms with Crippen molar-refractivity contribution in [3.05, 3.63) is 212 Å². The van der Waals surface area contributed by atoms with Crippen molar-refractivity contribution in [2.75, 3.05) is 0 Å². The molecule has 0 unspecified atom stereocenters. The van der Waals surface area contributed by atoms with E-state index in [-0.39, 0.29) is 0 Å². The smallest absolute Gasteiger partial charge is 0.164 e. The van der Waals surface area contributed by atoms with Crippen molar-refractivity contribution in [1.82, 2.24) is 15.0 Å². The Hall–Kier alpha value is -7.75. The number of fused-ring (bicyclic) bond motifs is 5. The summed E-state index contributed by atoms with van der Waals surface area (Å²) in [6.07, 6.45) is 0. The van der Waals surface area contributed by atoms with Crippen LogP contribution in [0.15, 0.2) is 212 Å². The van der Waals surface area contributed by atoms with Crippen molar-refractivity contribution >= 4 is 43.1 Å². The molecule has 3 nitrogen and oxygen atoms in total. The van der Waals surface area contributed by atoms with Crippen molar-refractivity contribution in [2.24, 2.45) is 0 Å². The summed E-state index contributed by atoms with van der Waals surface area (Å²) in [6.45, 7) is 0. The van der Waals surface area contributed by atoms with E-state index in [0.29, 0.717) is 17.5 Å². The van der Waals surface area contributed by atoms with Crippen LogP contribution in [0.5, 0.6) is 0 Å². The second-order valence-corrected chi connectivity index (χ2v) is 14.8. The summed E-state index contributed by atoms with van der Waals surface area (Å²) in [7, 11) is 0. The van der Waals surface area contributed by atoms with Crippen LogP contribution in [0.2, 0.25) is 0 Å². The van der Waals surface area contributed by atoms with Gasteiger partial charge in [0.15, 0.2) is 17.5 Å². The molecule has 0 bridgehead atoms. The van der Waals surface area contributed by atoms with Gasteiger partial charge >= 0.3 is 0 Å². The van der Waals surface area contributed by atoms with Gasteiger partial charge in [0.2, 0.25) is 0 Å². The molecule has 0 atom stereocenters. The lowest BCUT2D eigenvalue weighted by Gasteiger charge is -2.14. The fourth-order valence-corrected chi connectivity index (χ4v) is 8.52. The van der Waals surface area contributed by atoms with E-state index in [2.05, 4.69) is 212 Å². The van der Waals surface area contributed by atoms with E-state index < -0.39 is 0 Å². The SMILES string of the molecule is c1ccc(-c2ccc(-c3cccc(-c4nc(-c5ccc(-c6cccc7ccccc67)cc5)nc(-c5cc6ccccc6c6ccccc56)n4)c3)c3ccccc23)cc1. The number of rotatable bonds is 6. The first-order valence-electron chi connectivity index (χ1n) is 19.7. The van der Waals surface area contributed by atoms with E-state index in [1.54, 1.807) is 0 Å². The second-order valence-electron chi connectivity index (χ2n) is 14.8. The average Bonchev–Trinajstić information content (AvgIpc) is 3.31. The molecule has 0 aliphatic heterocycles. The zero-order valence-electron chi connectivity index (χ0n) is 31.5. The highest BCUT2D eigenvalue weighted by Gasteiger charge is 2.18. The lowest BCUT2D eigenvalue weighted by Crippen LogP contribution is -2.01. The summed E-state index contributed by atoms with van der Waals surface area (Å²) in [5.41, 5.74) is 9.87. The van der Waals surface area contributed by atoms with Crippen LogP contribution in [0, 0.1) is 0 Å². The van der Waals surface area contributed by atoms with Crippen LogP contribution in [0.3, 0.4) is 0 Å². The van der Waals surface area contributed by atoms with Gasteiger partial charge in [-0.25, -0.2) is 15.0 Å². The normalized spacial score (nSPS) is 11.4. The molecule has 10 aromatic carbocycles. The Morgan fingerprint density at radius 2 is 0.655 bits per heavy atom. The maximum Gasteiger partial charge on any atom is 0.164 e. The van der Waals surface area contributed by atoms with E-state index >= 15 is 0 Å². The molecule has 3 heteroatoms. The highest BCUT2D eigenvalue weighted by atomic mass is 15.0. The molecular weight excluding hydrogens is 703 g/mol. The molecule has 1 heterocycles. The van der Waals surface area contributed by atoms with E-state index in [1.807, 2.05) is 0 Å². The molecule has 0 radical (unpaired) electrons. The van der Waals surface area contributed by atoms with Crippen molar-refractivity contribution in [2.45, 2.75) is 0 Å². The van der Waals surface area contributed by atoms with Gasteiger partial charge in [-0.2, -0.15) is 0 Å². The molecule has 0 saturated heterocycles. The highest BCUT2D eigenvalue weighted by Crippen LogP contribution is 2.39. The quantitative estimate of drug-likeness (QED) is 0.160. The summed E-state index contributed by atoms with van der Waals surface area (Å²) in [6, 6.07) is 75.3. The molecule has 11 aromatic rings. The van der Waals surface area contributed by atoms with Gasteiger partial charge in [-0.05, 0) is 88.6 Å². The first-order chi connectivity index (χ1) is 28.7. The summed E-state index contributed by atoms with van der Waals surface area (Å²) in [5.74, 6) is 1.90. The average molecular weight is 738 g/mol. The minimum absolute atomic E-state index is 0.627. The Morgan fingerprint density at radius 3 is 1.40 bits per heavy atom. The predicted molar refractivity (Wildman–Crippen MR) is 242 cm³/mol. The lowest BCUT2D eigenvalue weighted by atomic mass is 9.91. The predicted octanol–water partition coefficient (Wildman–Crippen LogP) is 14.5. The molecule has 0 fully saturated rings. The van der Waals surface area contributed by atoms with Crippen molar-refractivity contribution in [1.29, 1.82) is 0 Å². The summed E-state index contributed by atoms with van der Waals surface area (Å²) in [4.78, 5) is 15.8. The molecule has 11 rings (SSSR count). The first kappa shape index (κ1) is 33.6. The molecule has 0 aliphatic rings. The molecule has 1 aromatic heterocycles. The van der Waals surface area contributed by atoms with Crippen LogP contribution in [-0.2, 0) is 0 Å². The Labute approximate surface area is 336 Å². The highest BCUT2D eigenvalue weighted by molar-refractivity contribution is 6.13. The number of benzene rings is 10. The van der Waals surface area contributed by atoms with Crippen molar-refractivity contribution in [3.63, 3.8) is 0 Å². The van der Waals surface area contributed by atoms with E-state index in [0.717, 1.165) is 44.2 Å². The fraction of sp³-hybridized carbons (Fsp3) is 0. The molecule has 0 saturated carbocycles. The van der Waals surface area contributed by atoms with Gasteiger partial charge in [0, 0.05) is 16.7 Å². The van der Waals surface area contributed by atoms with Crippen LogP contribution in [0.25, 0.3) is 111 Å². The third-order valence-electron chi connectivity index (χ3n) is 11.3. The molecular formula is C55H35N3. The maximum absolute atomic E-state index is 5.28. The largest absolute Gasteiger partial charge is 0.208 e.